The predicted molar refractivity (Wildman–Crippen MR) is 158 cm³/mol. The summed E-state index contributed by atoms with van der Waals surface area (Å²) >= 11 is 0. The molecule has 41 heavy (non-hydrogen) atoms. The van der Waals surface area contributed by atoms with Crippen molar-refractivity contribution in [3.63, 3.8) is 0 Å². The molecular formula is C32H41F2N5O2. The molecule has 8 bridgehead atoms. The van der Waals surface area contributed by atoms with Gasteiger partial charge in [-0.2, -0.15) is 5.10 Å². The Morgan fingerprint density at radius 1 is 0.902 bits per heavy atom. The summed E-state index contributed by atoms with van der Waals surface area (Å²) in [6.07, 6.45) is 5.30. The van der Waals surface area contributed by atoms with Crippen LogP contribution in [0.15, 0.2) is 36.4 Å². The third-order valence-electron chi connectivity index (χ3n) is 8.88. The first-order valence-electron chi connectivity index (χ1n) is 15.2. The highest BCUT2D eigenvalue weighted by atomic mass is 19.3. The molecule has 0 aliphatic carbocycles. The summed E-state index contributed by atoms with van der Waals surface area (Å²) < 4.78 is 43.4. The van der Waals surface area contributed by atoms with Gasteiger partial charge in [0.15, 0.2) is 5.82 Å². The zero-order chi connectivity index (χ0) is 28.2. The summed E-state index contributed by atoms with van der Waals surface area (Å²) in [5, 5.41) is 14.2. The van der Waals surface area contributed by atoms with Gasteiger partial charge in [0.2, 0.25) is 0 Å². The van der Waals surface area contributed by atoms with Gasteiger partial charge in [-0.1, -0.05) is 31.0 Å². The predicted octanol–water partition coefficient (Wildman–Crippen LogP) is 6.14. The highest BCUT2D eigenvalue weighted by molar-refractivity contribution is 5.99. The minimum atomic E-state index is -2.85. The molecule has 4 aliphatic heterocycles. The lowest BCUT2D eigenvalue weighted by atomic mass is 9.86. The fourth-order valence-corrected chi connectivity index (χ4v) is 6.44. The highest BCUT2D eigenvalue weighted by Gasteiger charge is 2.42. The normalized spacial score (nSPS) is 23.9. The molecule has 1 aromatic heterocycles. The Kier molecular flexibility index (Phi) is 8.53. The van der Waals surface area contributed by atoms with E-state index >= 15 is 8.78 Å². The number of rotatable bonds is 1. The van der Waals surface area contributed by atoms with Crippen LogP contribution in [0, 0.1) is 12.8 Å². The second-order valence-corrected chi connectivity index (χ2v) is 11.7. The highest BCUT2D eigenvalue weighted by Crippen LogP contribution is 2.42. The topological polar surface area (TPSA) is 62.8 Å². The van der Waals surface area contributed by atoms with Gasteiger partial charge < -0.3 is 24.6 Å². The van der Waals surface area contributed by atoms with E-state index in [4.69, 9.17) is 9.47 Å². The maximum atomic E-state index is 15.7. The molecule has 220 valence electrons. The lowest BCUT2D eigenvalue weighted by Crippen LogP contribution is -2.40. The fourth-order valence-electron chi connectivity index (χ4n) is 6.44. The SMILES string of the molecule is Cc1nnc2c3cc(N4CCOCC4)cc(c13)OCCCCCCN1CCC(CC1)C(F)(F)c1cccc(c1)CN2. The number of aryl methyl sites for hydroxylation is 1. The number of fused-ring (bicyclic) bond motifs is 9. The van der Waals surface area contributed by atoms with Gasteiger partial charge in [0.05, 0.1) is 30.9 Å². The van der Waals surface area contributed by atoms with Crippen LogP contribution in [0.1, 0.15) is 55.3 Å². The quantitative estimate of drug-likeness (QED) is 0.380. The second kappa shape index (κ2) is 12.4. The number of halogens is 2. The minimum absolute atomic E-state index is 0.103. The van der Waals surface area contributed by atoms with E-state index in [0.717, 1.165) is 91.9 Å². The van der Waals surface area contributed by atoms with Crippen molar-refractivity contribution in [3.8, 4) is 5.75 Å². The fraction of sp³-hybridized carbons (Fsp3) is 0.562. The van der Waals surface area contributed by atoms with Gasteiger partial charge >= 0.3 is 0 Å². The van der Waals surface area contributed by atoms with E-state index in [1.54, 1.807) is 18.2 Å². The van der Waals surface area contributed by atoms with Crippen molar-refractivity contribution in [1.82, 2.24) is 15.1 Å². The number of nitrogens with one attached hydrogen (secondary N) is 1. The second-order valence-electron chi connectivity index (χ2n) is 11.7. The lowest BCUT2D eigenvalue weighted by molar-refractivity contribution is -0.0855. The summed E-state index contributed by atoms with van der Waals surface area (Å²) in [5.74, 6) is -2.04. The van der Waals surface area contributed by atoms with Gasteiger partial charge in [-0.3, -0.25) is 0 Å². The molecule has 0 atom stereocenters. The van der Waals surface area contributed by atoms with Crippen LogP contribution in [-0.4, -0.2) is 67.6 Å². The van der Waals surface area contributed by atoms with E-state index in [1.807, 2.05) is 13.0 Å². The Morgan fingerprint density at radius 2 is 1.71 bits per heavy atom. The number of morpholine rings is 1. The Morgan fingerprint density at radius 3 is 2.54 bits per heavy atom. The molecule has 3 aromatic rings. The molecule has 2 saturated heterocycles. The van der Waals surface area contributed by atoms with Crippen molar-refractivity contribution in [3.05, 3.63) is 53.2 Å². The van der Waals surface area contributed by atoms with E-state index in [9.17, 15) is 0 Å². The summed E-state index contributed by atoms with van der Waals surface area (Å²) in [6.45, 7) is 8.42. The summed E-state index contributed by atoms with van der Waals surface area (Å²) in [5.41, 5.74) is 2.77. The zero-order valence-electron chi connectivity index (χ0n) is 24.0. The maximum Gasteiger partial charge on any atom is 0.276 e. The van der Waals surface area contributed by atoms with Gasteiger partial charge in [0, 0.05) is 48.3 Å². The van der Waals surface area contributed by atoms with Crippen LogP contribution >= 0.6 is 0 Å². The number of anilines is 2. The van der Waals surface area contributed by atoms with Crippen molar-refractivity contribution >= 4 is 22.3 Å². The molecule has 0 radical (unpaired) electrons. The maximum absolute atomic E-state index is 15.7. The van der Waals surface area contributed by atoms with Gasteiger partial charge in [-0.25, -0.2) is 8.78 Å². The number of hydrogen-bond acceptors (Lipinski definition) is 7. The Balaban J connectivity index is 1.35. The molecule has 1 N–H and O–H groups in total. The molecule has 9 heteroatoms. The van der Waals surface area contributed by atoms with Crippen molar-refractivity contribution < 1.29 is 18.3 Å². The molecular weight excluding hydrogens is 524 g/mol. The third kappa shape index (κ3) is 6.26. The molecule has 2 fully saturated rings. The number of benzene rings is 2. The third-order valence-corrected chi connectivity index (χ3v) is 8.88. The average molecular weight is 566 g/mol. The Bertz CT molecular complexity index is 1340. The minimum Gasteiger partial charge on any atom is -0.493 e. The molecule has 0 unspecified atom stereocenters. The van der Waals surface area contributed by atoms with Crippen LogP contribution in [0.3, 0.4) is 0 Å². The monoisotopic (exact) mass is 565 g/mol. The summed E-state index contributed by atoms with van der Waals surface area (Å²) in [6, 6.07) is 11.1. The van der Waals surface area contributed by atoms with Crippen LogP contribution < -0.4 is 15.0 Å². The Labute approximate surface area is 241 Å². The number of nitrogens with zero attached hydrogens (tertiary/aromatic N) is 4. The van der Waals surface area contributed by atoms with E-state index in [2.05, 4.69) is 37.4 Å². The van der Waals surface area contributed by atoms with E-state index in [0.29, 0.717) is 45.0 Å². The van der Waals surface area contributed by atoms with Gasteiger partial charge in [-0.15, -0.1) is 5.10 Å². The van der Waals surface area contributed by atoms with Crippen LogP contribution in [0.5, 0.6) is 5.75 Å². The van der Waals surface area contributed by atoms with E-state index in [-0.39, 0.29) is 5.56 Å². The van der Waals surface area contributed by atoms with Crippen LogP contribution in [0.25, 0.3) is 10.8 Å². The molecule has 0 saturated carbocycles. The van der Waals surface area contributed by atoms with Crippen molar-refractivity contribution in [2.45, 2.75) is 57.9 Å². The van der Waals surface area contributed by atoms with Gasteiger partial charge in [-0.05, 0) is 69.9 Å². The van der Waals surface area contributed by atoms with Crippen molar-refractivity contribution in [2.24, 2.45) is 5.92 Å². The van der Waals surface area contributed by atoms with Crippen LogP contribution in [0.4, 0.5) is 20.3 Å². The number of piperidine rings is 1. The van der Waals surface area contributed by atoms with Crippen molar-refractivity contribution in [2.75, 3.05) is 62.8 Å². The smallest absolute Gasteiger partial charge is 0.276 e. The number of ether oxygens (including phenoxy) is 2. The molecule has 0 spiro atoms. The molecule has 2 aromatic carbocycles. The zero-order valence-corrected chi connectivity index (χ0v) is 24.0. The molecule has 0 amide bonds. The van der Waals surface area contributed by atoms with Gasteiger partial charge in [0.25, 0.3) is 5.92 Å². The lowest BCUT2D eigenvalue weighted by Gasteiger charge is -2.36. The Hall–Kier alpha value is -3.04. The van der Waals surface area contributed by atoms with E-state index < -0.39 is 11.8 Å². The van der Waals surface area contributed by atoms with Crippen molar-refractivity contribution in [1.29, 1.82) is 0 Å². The number of alkyl halides is 2. The standard InChI is InChI=1S/C32H41F2N5O2/c1-23-30-28-20-27(39-14-17-40-18-15-39)21-29(30)41-16-5-3-2-4-11-38-12-9-25(10-13-38)32(33,34)26-8-6-7-24(19-26)22-35-31(28)37-36-23/h6-8,19-21,25H,2-5,9-18,22H2,1H3,(H,35,37). The largest absolute Gasteiger partial charge is 0.493 e. The molecule has 5 heterocycles. The first-order chi connectivity index (χ1) is 20.0. The summed E-state index contributed by atoms with van der Waals surface area (Å²) in [4.78, 5) is 4.67. The first kappa shape index (κ1) is 28.1. The molecule has 4 aliphatic rings. The van der Waals surface area contributed by atoms with Crippen LogP contribution in [-0.2, 0) is 17.2 Å². The average Bonchev–Trinajstić information content (AvgIpc) is 3.00. The number of aromatic nitrogens is 2. The molecule has 7 nitrogen and oxygen atoms in total. The molecule has 7 rings (SSSR count). The first-order valence-corrected chi connectivity index (χ1v) is 15.2. The van der Waals surface area contributed by atoms with Crippen LogP contribution in [0.2, 0.25) is 0 Å². The van der Waals surface area contributed by atoms with Gasteiger partial charge in [0.1, 0.15) is 5.75 Å². The summed E-state index contributed by atoms with van der Waals surface area (Å²) in [7, 11) is 0. The number of hydrogen-bond donors (Lipinski definition) is 1. The van der Waals surface area contributed by atoms with E-state index in [1.165, 1.54) is 0 Å².